The van der Waals surface area contributed by atoms with E-state index in [9.17, 15) is 4.79 Å². The number of rotatable bonds is 5. The third-order valence-corrected chi connectivity index (χ3v) is 6.82. The number of fused-ring (bicyclic) bond motifs is 2. The molecule has 2 aromatic carbocycles. The van der Waals surface area contributed by atoms with Crippen molar-refractivity contribution >= 4 is 33.6 Å². The van der Waals surface area contributed by atoms with Crippen LogP contribution in [0, 0.1) is 5.41 Å². The highest BCUT2D eigenvalue weighted by atomic mass is 16.5. The van der Waals surface area contributed by atoms with Gasteiger partial charge in [0.2, 0.25) is 5.90 Å². The fourth-order valence-corrected chi connectivity index (χ4v) is 5.09. The topological polar surface area (TPSA) is 80.0 Å². The summed E-state index contributed by atoms with van der Waals surface area (Å²) >= 11 is 0. The van der Waals surface area contributed by atoms with Gasteiger partial charge in [-0.05, 0) is 69.5 Å². The molecule has 0 bridgehead atoms. The van der Waals surface area contributed by atoms with Crippen LogP contribution in [0.2, 0.25) is 0 Å². The summed E-state index contributed by atoms with van der Waals surface area (Å²) in [6, 6.07) is 18.1. The van der Waals surface area contributed by atoms with Crippen LogP contribution >= 0.6 is 0 Å². The van der Waals surface area contributed by atoms with E-state index in [-0.39, 0.29) is 17.8 Å². The molecule has 0 spiro atoms. The maximum Gasteiger partial charge on any atom is 0.268 e. The number of carbonyl (C=O) groups excluding carboxylic acids is 1. The second-order valence-electron chi connectivity index (χ2n) is 10.7. The third-order valence-electron chi connectivity index (χ3n) is 6.82. The normalized spacial score (nSPS) is 14.8. The monoisotopic (exact) mass is 482 g/mol. The van der Waals surface area contributed by atoms with Gasteiger partial charge in [0, 0.05) is 40.6 Å². The number of hydrogen-bond donors (Lipinski definition) is 2. The van der Waals surface area contributed by atoms with E-state index in [1.54, 1.807) is 0 Å². The van der Waals surface area contributed by atoms with E-state index in [0.717, 1.165) is 53.1 Å². The van der Waals surface area contributed by atoms with Gasteiger partial charge in [0.1, 0.15) is 11.3 Å². The number of hydrogen-bond acceptors (Lipinski definition) is 4. The van der Waals surface area contributed by atoms with Crippen molar-refractivity contribution in [3.63, 3.8) is 0 Å². The number of amides is 1. The third kappa shape index (κ3) is 5.13. The predicted octanol–water partition coefficient (Wildman–Crippen LogP) is 6.44. The van der Waals surface area contributed by atoms with Gasteiger partial charge in [0.05, 0.1) is 5.52 Å². The van der Waals surface area contributed by atoms with E-state index in [2.05, 4.69) is 20.9 Å². The van der Waals surface area contributed by atoms with E-state index in [0.29, 0.717) is 17.8 Å². The summed E-state index contributed by atoms with van der Waals surface area (Å²) in [6.07, 6.45) is 7.46. The molecule has 6 heteroatoms. The second kappa shape index (κ2) is 9.76. The highest BCUT2D eigenvalue weighted by Crippen LogP contribution is 2.27. The van der Waals surface area contributed by atoms with Crippen LogP contribution in [0.1, 0.15) is 74.5 Å². The summed E-state index contributed by atoms with van der Waals surface area (Å²) < 4.78 is 7.90. The number of aromatic nitrogens is 2. The molecule has 0 saturated heterocycles. The number of benzene rings is 2. The van der Waals surface area contributed by atoms with E-state index in [1.165, 1.54) is 6.42 Å². The highest BCUT2D eigenvalue weighted by Gasteiger charge is 2.22. The zero-order chi connectivity index (χ0) is 25.3. The minimum atomic E-state index is -0.463. The Morgan fingerprint density at radius 1 is 1.08 bits per heavy atom. The molecule has 2 aromatic heterocycles. The molecule has 1 fully saturated rings. The van der Waals surface area contributed by atoms with Crippen LogP contribution in [0.4, 0.5) is 0 Å². The van der Waals surface area contributed by atoms with Crippen molar-refractivity contribution in [2.45, 2.75) is 71.1 Å². The lowest BCUT2D eigenvalue weighted by molar-refractivity contribution is 0.0919. The van der Waals surface area contributed by atoms with Crippen LogP contribution < -0.4 is 5.32 Å². The quantitative estimate of drug-likeness (QED) is 0.254. The molecule has 2 heterocycles. The molecular weight excluding hydrogens is 448 g/mol. The Kier molecular flexibility index (Phi) is 6.52. The minimum Gasteiger partial charge on any atom is -0.472 e. The fourth-order valence-electron chi connectivity index (χ4n) is 5.09. The average Bonchev–Trinajstić information content (AvgIpc) is 3.21. The van der Waals surface area contributed by atoms with Gasteiger partial charge in [-0.2, -0.15) is 0 Å². The molecule has 0 aliphatic heterocycles. The van der Waals surface area contributed by atoms with E-state index in [4.69, 9.17) is 10.1 Å². The van der Waals surface area contributed by atoms with Crippen molar-refractivity contribution in [2.75, 3.05) is 0 Å². The van der Waals surface area contributed by atoms with Gasteiger partial charge in [0.25, 0.3) is 5.91 Å². The first-order chi connectivity index (χ1) is 17.3. The Balaban J connectivity index is 1.58. The Bertz CT molecular complexity index is 1420. The van der Waals surface area contributed by atoms with Crippen LogP contribution in [-0.4, -0.2) is 33.0 Å². The van der Waals surface area contributed by atoms with E-state index >= 15 is 0 Å². The Labute approximate surface area is 212 Å². The molecule has 0 atom stereocenters. The number of para-hydroxylation sites is 1. The summed E-state index contributed by atoms with van der Waals surface area (Å²) in [5.41, 5.74) is 3.79. The molecule has 1 amide bonds. The number of ether oxygens (including phenoxy) is 1. The number of nitrogens with one attached hydrogen (secondary N) is 2. The van der Waals surface area contributed by atoms with Crippen LogP contribution in [0.25, 0.3) is 21.8 Å². The Morgan fingerprint density at radius 3 is 2.64 bits per heavy atom. The predicted molar refractivity (Wildman–Crippen MR) is 145 cm³/mol. The van der Waals surface area contributed by atoms with Crippen molar-refractivity contribution in [1.82, 2.24) is 14.9 Å². The van der Waals surface area contributed by atoms with Gasteiger partial charge >= 0.3 is 0 Å². The van der Waals surface area contributed by atoms with Crippen molar-refractivity contribution < 1.29 is 9.53 Å². The highest BCUT2D eigenvalue weighted by molar-refractivity contribution is 6.01. The minimum absolute atomic E-state index is 0.0426. The first-order valence-corrected chi connectivity index (χ1v) is 12.8. The Morgan fingerprint density at radius 2 is 1.86 bits per heavy atom. The summed E-state index contributed by atoms with van der Waals surface area (Å²) in [5.74, 6) is 0.0822. The van der Waals surface area contributed by atoms with Crippen molar-refractivity contribution in [2.24, 2.45) is 0 Å². The Hall–Kier alpha value is -3.67. The molecule has 186 valence electrons. The number of pyridine rings is 1. The standard InChI is InChI=1S/C30H34N4O2/c1-30(2,3)36-28(31)21-14-13-20-17-27(29(35)33-23-9-5-4-6-10-23)34(26(20)18-21)19-22-15-16-32-25-12-8-7-11-24(22)25/h7-8,11-18,23,31H,4-6,9-10,19H2,1-3H3,(H,33,35). The van der Waals surface area contributed by atoms with Gasteiger partial charge in [-0.15, -0.1) is 0 Å². The number of nitrogens with zero attached hydrogens (tertiary/aromatic N) is 2. The molecule has 6 nitrogen and oxygen atoms in total. The summed E-state index contributed by atoms with van der Waals surface area (Å²) in [6.45, 7) is 6.33. The first kappa shape index (κ1) is 24.0. The van der Waals surface area contributed by atoms with Crippen LogP contribution in [0.5, 0.6) is 0 Å². The smallest absolute Gasteiger partial charge is 0.268 e. The fraction of sp³-hybridized carbons (Fsp3) is 0.367. The lowest BCUT2D eigenvalue weighted by Crippen LogP contribution is -2.37. The van der Waals surface area contributed by atoms with Crippen LogP contribution in [0.15, 0.2) is 60.8 Å². The maximum atomic E-state index is 13.6. The molecule has 36 heavy (non-hydrogen) atoms. The van der Waals surface area contributed by atoms with Gasteiger partial charge in [-0.25, -0.2) is 0 Å². The van der Waals surface area contributed by atoms with E-state index in [1.807, 2.05) is 75.5 Å². The molecular formula is C30H34N4O2. The van der Waals surface area contributed by atoms with Crippen molar-refractivity contribution in [1.29, 1.82) is 5.41 Å². The largest absolute Gasteiger partial charge is 0.472 e. The maximum absolute atomic E-state index is 13.6. The average molecular weight is 483 g/mol. The molecule has 2 N–H and O–H groups in total. The second-order valence-corrected chi connectivity index (χ2v) is 10.7. The summed E-state index contributed by atoms with van der Waals surface area (Å²) in [7, 11) is 0. The summed E-state index contributed by atoms with van der Waals surface area (Å²) in [4.78, 5) is 18.1. The molecule has 5 rings (SSSR count). The molecule has 4 aromatic rings. The lowest BCUT2D eigenvalue weighted by atomic mass is 9.95. The van der Waals surface area contributed by atoms with Crippen LogP contribution in [0.3, 0.4) is 0 Å². The number of carbonyl (C=O) groups is 1. The van der Waals surface area contributed by atoms with Gasteiger partial charge in [0.15, 0.2) is 0 Å². The van der Waals surface area contributed by atoms with Gasteiger partial charge in [-0.3, -0.25) is 15.2 Å². The molecule has 1 aliphatic rings. The van der Waals surface area contributed by atoms with Gasteiger partial charge < -0.3 is 14.6 Å². The van der Waals surface area contributed by atoms with Crippen LogP contribution in [-0.2, 0) is 11.3 Å². The zero-order valence-corrected chi connectivity index (χ0v) is 21.3. The molecule has 0 unspecified atom stereocenters. The van der Waals surface area contributed by atoms with Crippen molar-refractivity contribution in [3.05, 3.63) is 77.6 Å². The van der Waals surface area contributed by atoms with Crippen molar-refractivity contribution in [3.8, 4) is 0 Å². The molecule has 1 saturated carbocycles. The summed E-state index contributed by atoms with van der Waals surface area (Å²) in [5, 5.41) is 13.8. The molecule has 1 aliphatic carbocycles. The zero-order valence-electron chi connectivity index (χ0n) is 21.3. The molecule has 0 radical (unpaired) electrons. The van der Waals surface area contributed by atoms with Gasteiger partial charge in [-0.1, -0.05) is 43.5 Å². The first-order valence-electron chi connectivity index (χ1n) is 12.8. The lowest BCUT2D eigenvalue weighted by Gasteiger charge is -2.23. The SMILES string of the molecule is CC(C)(C)OC(=N)c1ccc2cc(C(=O)NC3CCCCC3)n(Cc3ccnc4ccccc34)c2c1. The van der Waals surface area contributed by atoms with E-state index < -0.39 is 5.60 Å².